The molecule has 1 atom stereocenters. The maximum Gasteiger partial charge on any atom is 0.305 e. The summed E-state index contributed by atoms with van der Waals surface area (Å²) < 4.78 is 1.20. The Morgan fingerprint density at radius 2 is 2.27 bits per heavy atom. The van der Waals surface area contributed by atoms with Crippen molar-refractivity contribution in [2.45, 2.75) is 12.5 Å². The van der Waals surface area contributed by atoms with Crippen molar-refractivity contribution in [1.29, 1.82) is 0 Å². The van der Waals surface area contributed by atoms with Crippen LogP contribution < -0.4 is 5.73 Å². The highest BCUT2D eigenvalue weighted by atomic mass is 32.1. The van der Waals surface area contributed by atoms with Gasteiger partial charge in [-0.05, 0) is 34.5 Å². The van der Waals surface area contributed by atoms with Crippen LogP contribution in [0.15, 0.2) is 29.6 Å². The molecule has 15 heavy (non-hydrogen) atoms. The third-order valence-electron chi connectivity index (χ3n) is 2.30. The molecule has 0 aliphatic carbocycles. The fourth-order valence-electron chi connectivity index (χ4n) is 1.52. The van der Waals surface area contributed by atoms with Gasteiger partial charge in [0.15, 0.2) is 0 Å². The van der Waals surface area contributed by atoms with Gasteiger partial charge >= 0.3 is 5.97 Å². The second-order valence-corrected chi connectivity index (χ2v) is 4.37. The van der Waals surface area contributed by atoms with E-state index in [0.717, 1.165) is 10.9 Å². The molecule has 0 saturated carbocycles. The minimum Gasteiger partial charge on any atom is -0.481 e. The van der Waals surface area contributed by atoms with Crippen molar-refractivity contribution in [3.05, 3.63) is 35.2 Å². The van der Waals surface area contributed by atoms with Crippen LogP contribution in [0.4, 0.5) is 0 Å². The summed E-state index contributed by atoms with van der Waals surface area (Å²) in [6, 6.07) is 7.42. The first-order valence-corrected chi connectivity index (χ1v) is 5.49. The van der Waals surface area contributed by atoms with Crippen LogP contribution in [0.2, 0.25) is 0 Å². The first kappa shape index (κ1) is 10.1. The summed E-state index contributed by atoms with van der Waals surface area (Å²) in [7, 11) is 0. The molecule has 0 bridgehead atoms. The van der Waals surface area contributed by atoms with Gasteiger partial charge in [-0.3, -0.25) is 4.79 Å². The molecule has 4 heteroatoms. The summed E-state index contributed by atoms with van der Waals surface area (Å²) in [4.78, 5) is 10.5. The normalized spacial score (nSPS) is 12.9. The first-order valence-electron chi connectivity index (χ1n) is 4.61. The lowest BCUT2D eigenvalue weighted by atomic mass is 10.0. The van der Waals surface area contributed by atoms with E-state index < -0.39 is 12.0 Å². The highest BCUT2D eigenvalue weighted by Gasteiger charge is 2.10. The number of hydrogen-bond donors (Lipinski definition) is 2. The van der Waals surface area contributed by atoms with E-state index in [1.54, 1.807) is 11.3 Å². The predicted molar refractivity (Wildman–Crippen MR) is 61.0 cm³/mol. The standard InChI is InChI=1S/C11H11NO2S/c12-9(6-11(13)14)7-1-2-10-8(5-7)3-4-15-10/h1-5,9H,6,12H2,(H,13,14). The molecule has 0 radical (unpaired) electrons. The van der Waals surface area contributed by atoms with E-state index >= 15 is 0 Å². The van der Waals surface area contributed by atoms with Crippen LogP contribution in [-0.4, -0.2) is 11.1 Å². The smallest absolute Gasteiger partial charge is 0.305 e. The van der Waals surface area contributed by atoms with Gasteiger partial charge in [-0.1, -0.05) is 6.07 Å². The van der Waals surface area contributed by atoms with Gasteiger partial charge in [0.1, 0.15) is 0 Å². The molecule has 1 aromatic carbocycles. The molecule has 0 amide bonds. The molecular formula is C11H11NO2S. The number of benzene rings is 1. The number of carbonyl (C=O) groups is 1. The molecule has 1 unspecified atom stereocenters. The summed E-state index contributed by atoms with van der Waals surface area (Å²) in [5, 5.41) is 11.8. The van der Waals surface area contributed by atoms with Crippen LogP contribution in [0.25, 0.3) is 10.1 Å². The van der Waals surface area contributed by atoms with Gasteiger partial charge in [0.05, 0.1) is 6.42 Å². The van der Waals surface area contributed by atoms with Crippen molar-refractivity contribution < 1.29 is 9.90 Å². The van der Waals surface area contributed by atoms with Crippen molar-refractivity contribution in [1.82, 2.24) is 0 Å². The van der Waals surface area contributed by atoms with Crippen molar-refractivity contribution in [2.24, 2.45) is 5.73 Å². The number of aliphatic carboxylic acids is 1. The summed E-state index contributed by atoms with van der Waals surface area (Å²) in [5.41, 5.74) is 6.66. The molecular weight excluding hydrogens is 210 g/mol. The van der Waals surface area contributed by atoms with Crippen molar-refractivity contribution in [3.63, 3.8) is 0 Å². The highest BCUT2D eigenvalue weighted by molar-refractivity contribution is 7.17. The Morgan fingerprint density at radius 1 is 1.47 bits per heavy atom. The molecule has 0 aliphatic heterocycles. The molecule has 0 spiro atoms. The lowest BCUT2D eigenvalue weighted by molar-refractivity contribution is -0.137. The lowest BCUT2D eigenvalue weighted by Crippen LogP contribution is -2.14. The SMILES string of the molecule is NC(CC(=O)O)c1ccc2sccc2c1. The zero-order chi connectivity index (χ0) is 10.8. The van der Waals surface area contributed by atoms with Gasteiger partial charge in [0.25, 0.3) is 0 Å². The van der Waals surface area contributed by atoms with Crippen LogP contribution in [0.3, 0.4) is 0 Å². The Kier molecular flexibility index (Phi) is 2.70. The molecule has 3 nitrogen and oxygen atoms in total. The number of hydrogen-bond acceptors (Lipinski definition) is 3. The summed E-state index contributed by atoms with van der Waals surface area (Å²) in [6.45, 7) is 0. The average molecular weight is 221 g/mol. The average Bonchev–Trinajstić information content (AvgIpc) is 2.62. The van der Waals surface area contributed by atoms with E-state index in [9.17, 15) is 4.79 Å². The van der Waals surface area contributed by atoms with E-state index in [-0.39, 0.29) is 6.42 Å². The molecule has 78 valence electrons. The zero-order valence-corrected chi connectivity index (χ0v) is 8.83. The van der Waals surface area contributed by atoms with Crippen LogP contribution in [0, 0.1) is 0 Å². The Hall–Kier alpha value is -1.39. The minimum absolute atomic E-state index is 0.0321. The Bertz CT molecular complexity index is 492. The van der Waals surface area contributed by atoms with Gasteiger partial charge in [0.2, 0.25) is 0 Å². The fourth-order valence-corrected chi connectivity index (χ4v) is 2.29. The molecule has 0 saturated heterocycles. The minimum atomic E-state index is -0.868. The Labute approximate surface area is 91.1 Å². The number of nitrogens with two attached hydrogens (primary N) is 1. The van der Waals surface area contributed by atoms with Crippen LogP contribution >= 0.6 is 11.3 Å². The van der Waals surface area contributed by atoms with Crippen molar-refractivity contribution >= 4 is 27.4 Å². The van der Waals surface area contributed by atoms with Gasteiger partial charge in [-0.15, -0.1) is 11.3 Å². The van der Waals surface area contributed by atoms with E-state index in [1.165, 1.54) is 4.70 Å². The summed E-state index contributed by atoms with van der Waals surface area (Å²) in [5.74, 6) is -0.868. The monoisotopic (exact) mass is 221 g/mol. The number of carboxylic acids is 1. The Balaban J connectivity index is 2.30. The third kappa shape index (κ3) is 2.16. The van der Waals surface area contributed by atoms with Gasteiger partial charge in [0, 0.05) is 10.7 Å². The van der Waals surface area contributed by atoms with Crippen molar-refractivity contribution in [2.75, 3.05) is 0 Å². The van der Waals surface area contributed by atoms with E-state index in [2.05, 4.69) is 0 Å². The largest absolute Gasteiger partial charge is 0.481 e. The molecule has 0 fully saturated rings. The molecule has 0 aliphatic rings. The Morgan fingerprint density at radius 3 is 3.00 bits per heavy atom. The molecule has 3 N–H and O–H groups in total. The van der Waals surface area contributed by atoms with E-state index in [4.69, 9.17) is 10.8 Å². The number of fused-ring (bicyclic) bond motifs is 1. The molecule has 1 heterocycles. The summed E-state index contributed by atoms with van der Waals surface area (Å²) in [6.07, 6.45) is -0.0321. The lowest BCUT2D eigenvalue weighted by Gasteiger charge is -2.08. The van der Waals surface area contributed by atoms with Gasteiger partial charge in [-0.25, -0.2) is 0 Å². The van der Waals surface area contributed by atoms with E-state index in [1.807, 2.05) is 29.6 Å². The molecule has 2 rings (SSSR count). The zero-order valence-electron chi connectivity index (χ0n) is 8.01. The number of rotatable bonds is 3. The topological polar surface area (TPSA) is 63.3 Å². The number of carboxylic acid groups (broad SMARTS) is 1. The van der Waals surface area contributed by atoms with Crippen LogP contribution in [-0.2, 0) is 4.79 Å². The predicted octanol–water partition coefficient (Wildman–Crippen LogP) is 2.38. The van der Waals surface area contributed by atoms with Crippen LogP contribution in [0.1, 0.15) is 18.0 Å². The number of thiophene rings is 1. The maximum atomic E-state index is 10.5. The first-order chi connectivity index (χ1) is 7.16. The maximum absolute atomic E-state index is 10.5. The quantitative estimate of drug-likeness (QED) is 0.836. The second-order valence-electron chi connectivity index (χ2n) is 3.42. The van der Waals surface area contributed by atoms with Crippen LogP contribution in [0.5, 0.6) is 0 Å². The molecule has 2 aromatic rings. The second kappa shape index (κ2) is 4.00. The fraction of sp³-hybridized carbons (Fsp3) is 0.182. The summed E-state index contributed by atoms with van der Waals surface area (Å²) >= 11 is 1.66. The molecule has 1 aromatic heterocycles. The van der Waals surface area contributed by atoms with E-state index in [0.29, 0.717) is 0 Å². The highest BCUT2D eigenvalue weighted by Crippen LogP contribution is 2.24. The van der Waals surface area contributed by atoms with Gasteiger partial charge < -0.3 is 10.8 Å². The van der Waals surface area contributed by atoms with Crippen molar-refractivity contribution in [3.8, 4) is 0 Å². The third-order valence-corrected chi connectivity index (χ3v) is 3.20. The van der Waals surface area contributed by atoms with Gasteiger partial charge in [-0.2, -0.15) is 0 Å².